The molecule has 0 spiro atoms. The van der Waals surface area contributed by atoms with E-state index >= 15 is 0 Å². The lowest BCUT2D eigenvalue weighted by Gasteiger charge is -2.23. The fraction of sp³-hybridized carbons (Fsp3) is 0.267. The lowest BCUT2D eigenvalue weighted by molar-refractivity contribution is 0.163. The van der Waals surface area contributed by atoms with Crippen LogP contribution in [0.5, 0.6) is 28.7 Å². The highest BCUT2D eigenvalue weighted by Gasteiger charge is 2.27. The molecule has 1 aliphatic carbocycles. The number of nitrogens with one attached hydrogen (secondary N) is 2. The van der Waals surface area contributed by atoms with Crippen LogP contribution in [-0.4, -0.2) is 30.8 Å². The number of anilines is 1. The number of aromatic nitrogens is 1. The molecule has 200 valence electrons. The Hall–Kier alpha value is -4.53. The molecule has 2 aliphatic rings. The van der Waals surface area contributed by atoms with Crippen LogP contribution in [0.2, 0.25) is 0 Å². The van der Waals surface area contributed by atoms with Gasteiger partial charge in [0.2, 0.25) is 5.75 Å². The van der Waals surface area contributed by atoms with Crippen molar-refractivity contribution in [2.45, 2.75) is 25.8 Å². The Kier molecular flexibility index (Phi) is 6.79. The van der Waals surface area contributed by atoms with Crippen molar-refractivity contribution in [3.8, 4) is 28.7 Å². The van der Waals surface area contributed by atoms with Gasteiger partial charge in [-0.25, -0.2) is 9.18 Å². The van der Waals surface area contributed by atoms with Crippen LogP contribution in [0.4, 0.5) is 14.9 Å². The second-order valence-corrected chi connectivity index (χ2v) is 9.69. The number of rotatable bonds is 8. The normalized spacial score (nSPS) is 14.9. The van der Waals surface area contributed by atoms with Crippen molar-refractivity contribution >= 4 is 22.6 Å². The van der Waals surface area contributed by atoms with E-state index in [1.165, 1.54) is 25.0 Å². The summed E-state index contributed by atoms with van der Waals surface area (Å²) in [5, 5.41) is 6.36. The number of amides is 2. The first kappa shape index (κ1) is 24.8. The molecular weight excluding hydrogens is 501 g/mol. The van der Waals surface area contributed by atoms with Gasteiger partial charge < -0.3 is 29.6 Å². The van der Waals surface area contributed by atoms with Crippen molar-refractivity contribution in [2.24, 2.45) is 5.92 Å². The number of fused-ring (bicyclic) bond motifs is 3. The Balaban J connectivity index is 1.16. The van der Waals surface area contributed by atoms with E-state index in [0.29, 0.717) is 71.1 Å². The topological polar surface area (TPSA) is 90.9 Å². The van der Waals surface area contributed by atoms with Gasteiger partial charge >= 0.3 is 6.03 Å². The molecule has 8 nitrogen and oxygen atoms in total. The number of hydrogen-bond acceptors (Lipinski definition) is 6. The van der Waals surface area contributed by atoms with Crippen LogP contribution in [0.3, 0.4) is 0 Å². The second kappa shape index (κ2) is 10.7. The van der Waals surface area contributed by atoms with Crippen molar-refractivity contribution in [1.82, 2.24) is 10.3 Å². The highest BCUT2D eigenvalue weighted by molar-refractivity contribution is 5.95. The first-order valence-corrected chi connectivity index (χ1v) is 13.0. The van der Waals surface area contributed by atoms with Crippen LogP contribution in [0, 0.1) is 11.7 Å². The predicted molar refractivity (Wildman–Crippen MR) is 144 cm³/mol. The number of pyridine rings is 1. The van der Waals surface area contributed by atoms with Crippen molar-refractivity contribution < 1.29 is 28.1 Å². The zero-order valence-corrected chi connectivity index (χ0v) is 21.4. The van der Waals surface area contributed by atoms with Crippen molar-refractivity contribution in [3.05, 3.63) is 78.2 Å². The third-order valence-electron chi connectivity index (χ3n) is 6.67. The molecule has 4 aromatic rings. The number of nitrogens with zero attached hydrogens (tertiary/aromatic N) is 1. The van der Waals surface area contributed by atoms with E-state index in [1.807, 2.05) is 13.0 Å². The van der Waals surface area contributed by atoms with Gasteiger partial charge in [0.05, 0.1) is 23.6 Å². The highest BCUT2D eigenvalue weighted by Crippen LogP contribution is 2.48. The van der Waals surface area contributed by atoms with Gasteiger partial charge in [-0.05, 0) is 73.7 Å². The van der Waals surface area contributed by atoms with E-state index in [0.717, 1.165) is 5.56 Å². The number of carbonyl (C=O) groups excluding carboxylic acids is 1. The standard InChI is InChI=1S/C30H28FN3O5/c1-18(20-4-6-21(31)7-5-20)33-30(35)34-22-8-10-23(11-9-22)39-25-12-13-32-24-16-26(38-17-19-2-3-19)28-29(27(24)25)37-15-14-36-28/h4-13,16,18-19H,2-3,14-15,17H2,1H3,(H2,33,34,35)/t18-/m0/s1. The SMILES string of the molecule is C[C@H](NC(=O)Nc1ccc(Oc2ccnc3cc(OCC4CC4)c4c(c23)OCCO4)cc1)c1ccc(F)cc1. The average Bonchev–Trinajstić information content (AvgIpc) is 3.78. The van der Waals surface area contributed by atoms with Crippen molar-refractivity contribution in [2.75, 3.05) is 25.1 Å². The zero-order chi connectivity index (χ0) is 26.8. The molecule has 0 saturated heterocycles. The Labute approximate surface area is 225 Å². The van der Waals surface area contributed by atoms with E-state index in [4.69, 9.17) is 18.9 Å². The first-order valence-electron chi connectivity index (χ1n) is 13.0. The molecule has 39 heavy (non-hydrogen) atoms. The van der Waals surface area contributed by atoms with Crippen molar-refractivity contribution in [1.29, 1.82) is 0 Å². The molecule has 0 bridgehead atoms. The monoisotopic (exact) mass is 529 g/mol. The van der Waals surface area contributed by atoms with Gasteiger partial charge in [-0.2, -0.15) is 0 Å². The maximum atomic E-state index is 13.2. The molecule has 0 unspecified atom stereocenters. The lowest BCUT2D eigenvalue weighted by Crippen LogP contribution is -2.31. The van der Waals surface area contributed by atoms with Gasteiger partial charge in [-0.1, -0.05) is 12.1 Å². The summed E-state index contributed by atoms with van der Waals surface area (Å²) in [4.78, 5) is 17.0. The van der Waals surface area contributed by atoms with Gasteiger partial charge in [-0.15, -0.1) is 0 Å². The maximum Gasteiger partial charge on any atom is 0.319 e. The molecule has 2 heterocycles. The van der Waals surface area contributed by atoms with E-state index in [-0.39, 0.29) is 17.9 Å². The van der Waals surface area contributed by atoms with Crippen molar-refractivity contribution in [3.63, 3.8) is 0 Å². The minimum absolute atomic E-state index is 0.287. The van der Waals surface area contributed by atoms with Crippen LogP contribution in [0.15, 0.2) is 66.9 Å². The number of ether oxygens (including phenoxy) is 4. The molecule has 1 fully saturated rings. The van der Waals surface area contributed by atoms with Gasteiger partial charge in [0.1, 0.15) is 30.5 Å². The maximum absolute atomic E-state index is 13.2. The molecule has 3 aromatic carbocycles. The molecule has 1 aromatic heterocycles. The summed E-state index contributed by atoms with van der Waals surface area (Å²) in [6.45, 7) is 3.35. The van der Waals surface area contributed by atoms with E-state index in [9.17, 15) is 9.18 Å². The molecule has 1 saturated carbocycles. The molecule has 9 heteroatoms. The summed E-state index contributed by atoms with van der Waals surface area (Å²) in [6, 6.07) is 16.0. The summed E-state index contributed by atoms with van der Waals surface area (Å²) < 4.78 is 37.4. The highest BCUT2D eigenvalue weighted by atomic mass is 19.1. The minimum Gasteiger partial charge on any atom is -0.489 e. The number of urea groups is 1. The fourth-order valence-corrected chi connectivity index (χ4v) is 4.39. The van der Waals surface area contributed by atoms with Crippen LogP contribution in [0.25, 0.3) is 10.9 Å². The predicted octanol–water partition coefficient (Wildman–Crippen LogP) is 6.61. The summed E-state index contributed by atoms with van der Waals surface area (Å²) in [7, 11) is 0. The Bertz CT molecular complexity index is 1490. The number of carbonyl (C=O) groups is 1. The molecule has 2 amide bonds. The number of halogens is 1. The average molecular weight is 530 g/mol. The molecule has 6 rings (SSSR count). The van der Waals surface area contributed by atoms with E-state index < -0.39 is 0 Å². The first-order chi connectivity index (χ1) is 19.0. The largest absolute Gasteiger partial charge is 0.489 e. The lowest BCUT2D eigenvalue weighted by atomic mass is 10.1. The summed E-state index contributed by atoms with van der Waals surface area (Å²) in [5.74, 6) is 3.21. The van der Waals surface area contributed by atoms with Crippen LogP contribution < -0.4 is 29.6 Å². The number of benzene rings is 3. The molecule has 1 atom stereocenters. The number of hydrogen-bond donors (Lipinski definition) is 2. The Morgan fingerprint density at radius 3 is 2.51 bits per heavy atom. The molecular formula is C30H28FN3O5. The third-order valence-corrected chi connectivity index (χ3v) is 6.67. The van der Waals surface area contributed by atoms with E-state index in [2.05, 4.69) is 15.6 Å². The molecule has 2 N–H and O–H groups in total. The zero-order valence-electron chi connectivity index (χ0n) is 21.4. The summed E-state index contributed by atoms with van der Waals surface area (Å²) in [5.41, 5.74) is 2.09. The Morgan fingerprint density at radius 2 is 1.77 bits per heavy atom. The second-order valence-electron chi connectivity index (χ2n) is 9.69. The molecule has 0 radical (unpaired) electrons. The summed E-state index contributed by atoms with van der Waals surface area (Å²) in [6.07, 6.45) is 4.07. The quantitative estimate of drug-likeness (QED) is 0.267. The minimum atomic E-state index is -0.371. The van der Waals surface area contributed by atoms with Gasteiger partial charge in [-0.3, -0.25) is 4.98 Å². The van der Waals surface area contributed by atoms with E-state index in [1.54, 1.807) is 48.7 Å². The van der Waals surface area contributed by atoms with Gasteiger partial charge in [0.25, 0.3) is 0 Å². The third kappa shape index (κ3) is 5.67. The summed E-state index contributed by atoms with van der Waals surface area (Å²) >= 11 is 0. The molecule has 1 aliphatic heterocycles. The van der Waals surface area contributed by atoms with Gasteiger partial charge in [0.15, 0.2) is 11.5 Å². The Morgan fingerprint density at radius 1 is 1.03 bits per heavy atom. The van der Waals surface area contributed by atoms with Gasteiger partial charge in [0, 0.05) is 18.0 Å². The van der Waals surface area contributed by atoms with Crippen LogP contribution >= 0.6 is 0 Å². The van der Waals surface area contributed by atoms with Crippen LogP contribution in [-0.2, 0) is 0 Å². The fourth-order valence-electron chi connectivity index (χ4n) is 4.39. The van der Waals surface area contributed by atoms with Crippen LogP contribution in [0.1, 0.15) is 31.4 Å². The smallest absolute Gasteiger partial charge is 0.319 e.